The van der Waals surface area contributed by atoms with Gasteiger partial charge in [0.2, 0.25) is 5.91 Å². The molecular formula is C11H23N3O2S. The van der Waals surface area contributed by atoms with E-state index in [1.165, 1.54) is 0 Å². The molecule has 0 aromatic heterocycles. The predicted molar refractivity (Wildman–Crippen MR) is 73.0 cm³/mol. The van der Waals surface area contributed by atoms with Crippen LogP contribution in [0.5, 0.6) is 0 Å². The molecule has 5 nitrogen and oxygen atoms in total. The molecule has 0 atom stereocenters. The van der Waals surface area contributed by atoms with Gasteiger partial charge in [0, 0.05) is 40.3 Å². The fourth-order valence-electron chi connectivity index (χ4n) is 1.31. The van der Waals surface area contributed by atoms with Crippen molar-refractivity contribution in [3.63, 3.8) is 0 Å². The van der Waals surface area contributed by atoms with Gasteiger partial charge in [-0.2, -0.15) is 0 Å². The smallest absolute Gasteiger partial charge is 0.236 e. The van der Waals surface area contributed by atoms with Gasteiger partial charge >= 0.3 is 0 Å². The molecule has 0 aliphatic heterocycles. The van der Waals surface area contributed by atoms with E-state index in [-0.39, 0.29) is 5.91 Å². The highest BCUT2D eigenvalue weighted by atomic mass is 32.1. The van der Waals surface area contributed by atoms with E-state index < -0.39 is 0 Å². The monoisotopic (exact) mass is 261 g/mol. The van der Waals surface area contributed by atoms with Gasteiger partial charge in [-0.25, -0.2) is 0 Å². The largest absolute Gasteiger partial charge is 0.393 e. The molecule has 0 saturated heterocycles. The van der Waals surface area contributed by atoms with Gasteiger partial charge in [0.15, 0.2) is 0 Å². The number of nitrogens with zero attached hydrogens (tertiary/aromatic N) is 2. The number of thiocarbonyl (C=S) groups is 1. The number of ether oxygens (including phenoxy) is 1. The van der Waals surface area contributed by atoms with Crippen molar-refractivity contribution < 1.29 is 9.53 Å². The Kier molecular flexibility index (Phi) is 8.93. The minimum Gasteiger partial charge on any atom is -0.393 e. The Hall–Kier alpha value is -0.720. The van der Waals surface area contributed by atoms with E-state index in [2.05, 4.69) is 0 Å². The summed E-state index contributed by atoms with van der Waals surface area (Å²) in [6, 6.07) is 0. The van der Waals surface area contributed by atoms with Crippen LogP contribution < -0.4 is 5.73 Å². The van der Waals surface area contributed by atoms with E-state index in [1.54, 1.807) is 19.1 Å². The average Bonchev–Trinajstić information content (AvgIpc) is 2.26. The molecule has 0 aromatic rings. The Labute approximate surface area is 109 Å². The van der Waals surface area contributed by atoms with Gasteiger partial charge in [-0.1, -0.05) is 12.2 Å². The molecule has 0 bridgehead atoms. The minimum atomic E-state index is 0.0844. The summed E-state index contributed by atoms with van der Waals surface area (Å²) in [6.45, 7) is 2.57. The number of hydrogen-bond donors (Lipinski definition) is 1. The van der Waals surface area contributed by atoms with Gasteiger partial charge in [0.05, 0.1) is 11.5 Å². The van der Waals surface area contributed by atoms with Crippen molar-refractivity contribution in [2.75, 3.05) is 47.4 Å². The van der Waals surface area contributed by atoms with Crippen LogP contribution in [0.15, 0.2) is 0 Å². The van der Waals surface area contributed by atoms with Crippen LogP contribution in [0.25, 0.3) is 0 Å². The highest BCUT2D eigenvalue weighted by Crippen LogP contribution is 1.94. The number of likely N-dealkylation sites (N-methyl/N-ethyl adjacent to an activating group) is 2. The van der Waals surface area contributed by atoms with Gasteiger partial charge < -0.3 is 15.4 Å². The third-order valence-electron chi connectivity index (χ3n) is 2.41. The predicted octanol–water partition coefficient (Wildman–Crippen LogP) is 0.0893. The Morgan fingerprint density at radius 2 is 2.00 bits per heavy atom. The first-order valence-electron chi connectivity index (χ1n) is 5.67. The summed E-state index contributed by atoms with van der Waals surface area (Å²) >= 11 is 4.77. The van der Waals surface area contributed by atoms with Crippen LogP contribution in [0.4, 0.5) is 0 Å². The molecular weight excluding hydrogens is 238 g/mol. The van der Waals surface area contributed by atoms with Crippen molar-refractivity contribution in [3.8, 4) is 0 Å². The maximum absolute atomic E-state index is 11.8. The van der Waals surface area contributed by atoms with Crippen molar-refractivity contribution in [2.24, 2.45) is 5.73 Å². The minimum absolute atomic E-state index is 0.0844. The van der Waals surface area contributed by atoms with E-state index in [0.717, 1.165) is 19.6 Å². The molecule has 0 aliphatic carbocycles. The van der Waals surface area contributed by atoms with Crippen LogP contribution in [0.1, 0.15) is 12.8 Å². The third-order valence-corrected chi connectivity index (χ3v) is 2.62. The number of hydrogen-bond acceptors (Lipinski definition) is 4. The number of nitrogens with two attached hydrogens (primary N) is 1. The summed E-state index contributed by atoms with van der Waals surface area (Å²) in [6.07, 6.45) is 1.50. The normalized spacial score (nSPS) is 10.6. The first-order chi connectivity index (χ1) is 7.97. The molecule has 0 heterocycles. The molecule has 6 heteroatoms. The lowest BCUT2D eigenvalue weighted by Crippen LogP contribution is -2.38. The molecule has 0 aromatic carbocycles. The van der Waals surface area contributed by atoms with Gasteiger partial charge in [-0.3, -0.25) is 9.69 Å². The molecule has 2 N–H and O–H groups in total. The summed E-state index contributed by atoms with van der Waals surface area (Å²) < 4.78 is 4.96. The summed E-state index contributed by atoms with van der Waals surface area (Å²) in [5.74, 6) is 0.0844. The number of carbonyl (C=O) groups excluding carboxylic acids is 1. The molecule has 0 unspecified atom stereocenters. The van der Waals surface area contributed by atoms with Crippen molar-refractivity contribution in [1.29, 1.82) is 0 Å². The second kappa shape index (κ2) is 9.32. The molecule has 0 saturated carbocycles. The highest BCUT2D eigenvalue weighted by molar-refractivity contribution is 7.80. The summed E-state index contributed by atoms with van der Waals surface area (Å²) in [5.41, 5.74) is 5.39. The summed E-state index contributed by atoms with van der Waals surface area (Å²) in [4.78, 5) is 15.9. The Balaban J connectivity index is 3.78. The maximum atomic E-state index is 11.8. The van der Waals surface area contributed by atoms with Crippen LogP contribution in [0.2, 0.25) is 0 Å². The van der Waals surface area contributed by atoms with Crippen LogP contribution >= 0.6 is 12.2 Å². The number of methoxy groups -OCH3 is 1. The van der Waals surface area contributed by atoms with E-state index in [1.807, 2.05) is 11.9 Å². The van der Waals surface area contributed by atoms with Crippen molar-refractivity contribution in [1.82, 2.24) is 9.80 Å². The van der Waals surface area contributed by atoms with Gasteiger partial charge in [0.1, 0.15) is 0 Å². The lowest BCUT2D eigenvalue weighted by Gasteiger charge is -2.21. The first-order valence-corrected chi connectivity index (χ1v) is 6.08. The molecule has 0 aliphatic rings. The van der Waals surface area contributed by atoms with Crippen LogP contribution in [0.3, 0.4) is 0 Å². The number of amides is 1. The van der Waals surface area contributed by atoms with Crippen molar-refractivity contribution in [3.05, 3.63) is 0 Å². The Morgan fingerprint density at radius 1 is 1.35 bits per heavy atom. The number of rotatable bonds is 9. The van der Waals surface area contributed by atoms with Gasteiger partial charge in [-0.05, 0) is 13.5 Å². The molecule has 0 rings (SSSR count). The van der Waals surface area contributed by atoms with Crippen molar-refractivity contribution >= 4 is 23.1 Å². The molecule has 1 amide bonds. The second-order valence-corrected chi connectivity index (χ2v) is 4.64. The summed E-state index contributed by atoms with van der Waals surface area (Å²) in [7, 11) is 5.37. The lowest BCUT2D eigenvalue weighted by atomic mass is 10.3. The SMILES string of the molecule is COCCCN(C)CC(=O)N(C)CCC(N)=S. The highest BCUT2D eigenvalue weighted by Gasteiger charge is 2.11. The van der Waals surface area contributed by atoms with E-state index in [4.69, 9.17) is 22.7 Å². The zero-order valence-corrected chi connectivity index (χ0v) is 11.8. The first kappa shape index (κ1) is 16.3. The van der Waals surface area contributed by atoms with Crippen LogP contribution in [-0.2, 0) is 9.53 Å². The standard InChI is InChI=1S/C11H23N3O2S/c1-13(6-4-8-16-3)9-11(15)14(2)7-5-10(12)17/h4-9H2,1-3H3,(H2,12,17). The van der Waals surface area contributed by atoms with E-state index >= 15 is 0 Å². The molecule has 0 radical (unpaired) electrons. The molecule has 100 valence electrons. The lowest BCUT2D eigenvalue weighted by molar-refractivity contribution is -0.130. The topological polar surface area (TPSA) is 58.8 Å². The quantitative estimate of drug-likeness (QED) is 0.471. The van der Waals surface area contributed by atoms with E-state index in [0.29, 0.717) is 24.5 Å². The molecule has 0 fully saturated rings. The fourth-order valence-corrected chi connectivity index (χ4v) is 1.40. The number of carbonyl (C=O) groups is 1. The van der Waals surface area contributed by atoms with Crippen molar-refractivity contribution in [2.45, 2.75) is 12.8 Å². The van der Waals surface area contributed by atoms with Gasteiger partial charge in [-0.15, -0.1) is 0 Å². The molecule has 0 spiro atoms. The average molecular weight is 261 g/mol. The third kappa shape index (κ3) is 9.02. The zero-order valence-electron chi connectivity index (χ0n) is 10.9. The second-order valence-electron chi connectivity index (χ2n) is 4.12. The Morgan fingerprint density at radius 3 is 2.53 bits per heavy atom. The van der Waals surface area contributed by atoms with Crippen LogP contribution in [0, 0.1) is 0 Å². The fraction of sp³-hybridized carbons (Fsp3) is 0.818. The maximum Gasteiger partial charge on any atom is 0.236 e. The van der Waals surface area contributed by atoms with Crippen LogP contribution in [-0.4, -0.2) is 68.1 Å². The Bertz CT molecular complexity index is 249. The summed E-state index contributed by atoms with van der Waals surface area (Å²) in [5, 5.41) is 0. The molecule has 17 heavy (non-hydrogen) atoms. The van der Waals surface area contributed by atoms with Gasteiger partial charge in [0.25, 0.3) is 0 Å². The zero-order chi connectivity index (χ0) is 13.3. The van der Waals surface area contributed by atoms with E-state index in [9.17, 15) is 4.79 Å².